The van der Waals surface area contributed by atoms with Gasteiger partial charge in [0.25, 0.3) is 11.5 Å². The molecule has 1 unspecified atom stereocenters. The number of hydrogen-bond donors (Lipinski definition) is 1. The predicted octanol–water partition coefficient (Wildman–Crippen LogP) is 2.43. The number of nitrogens with zero attached hydrogens (tertiary/aromatic N) is 4. The molecule has 2 aliphatic rings. The van der Waals surface area contributed by atoms with E-state index in [2.05, 4.69) is 10.1 Å². The Hall–Kier alpha value is -3.49. The van der Waals surface area contributed by atoms with Gasteiger partial charge < -0.3 is 9.80 Å². The number of hydrogen-bond acceptors (Lipinski definition) is 4. The normalized spacial score (nSPS) is 18.6. The molecule has 5 rings (SSSR count). The van der Waals surface area contributed by atoms with Crippen LogP contribution in [0.5, 0.6) is 0 Å². The monoisotopic (exact) mass is 437 g/mol. The SMILES string of the molecule is CC(=O)N1CCc2nc3cc(C4CCCCN4C(=O)c4ccccc4F)[nH]n3c(=O)c2C1. The number of likely N-dealkylation sites (tertiary alicyclic amines) is 1. The number of H-pyrrole nitrogens is 1. The first kappa shape index (κ1) is 20.4. The second kappa shape index (κ2) is 7.89. The number of amides is 2. The highest BCUT2D eigenvalue weighted by Crippen LogP contribution is 2.32. The second-order valence-corrected chi connectivity index (χ2v) is 8.43. The summed E-state index contributed by atoms with van der Waals surface area (Å²) in [5.74, 6) is -0.973. The van der Waals surface area contributed by atoms with Crippen molar-refractivity contribution in [3.63, 3.8) is 0 Å². The van der Waals surface area contributed by atoms with Crippen molar-refractivity contribution in [1.29, 1.82) is 0 Å². The molecule has 1 atom stereocenters. The summed E-state index contributed by atoms with van der Waals surface area (Å²) in [4.78, 5) is 46.0. The molecule has 3 aromatic rings. The van der Waals surface area contributed by atoms with Crippen molar-refractivity contribution in [2.75, 3.05) is 13.1 Å². The molecule has 2 amide bonds. The zero-order valence-corrected chi connectivity index (χ0v) is 17.8. The Morgan fingerprint density at radius 1 is 1.19 bits per heavy atom. The molecular formula is C23H24FN5O3. The molecule has 2 aliphatic heterocycles. The average Bonchev–Trinajstić information content (AvgIpc) is 3.23. The standard InChI is InChI=1S/C23H24FN5O3/c1-14(30)27-11-9-18-16(13-27)23(32)29-21(25-18)12-19(26-29)20-8-4-5-10-28(20)22(31)15-6-2-3-7-17(15)24/h2-3,6-7,12,20,26H,4-5,8-11,13H2,1H3. The van der Waals surface area contributed by atoms with Crippen LogP contribution in [0.25, 0.3) is 5.65 Å². The van der Waals surface area contributed by atoms with E-state index < -0.39 is 5.82 Å². The Kier molecular flexibility index (Phi) is 5.03. The number of carbonyl (C=O) groups is 2. The maximum absolute atomic E-state index is 14.3. The number of benzene rings is 1. The zero-order valence-electron chi connectivity index (χ0n) is 17.8. The number of carbonyl (C=O) groups excluding carboxylic acids is 2. The Labute approximate surface area is 183 Å². The third kappa shape index (κ3) is 3.37. The van der Waals surface area contributed by atoms with E-state index in [1.165, 1.54) is 23.6 Å². The Morgan fingerprint density at radius 2 is 2.00 bits per heavy atom. The number of rotatable bonds is 2. The number of fused-ring (bicyclic) bond motifs is 2. The maximum Gasteiger partial charge on any atom is 0.277 e. The molecule has 4 heterocycles. The fraction of sp³-hybridized carbons (Fsp3) is 0.391. The van der Waals surface area contributed by atoms with Crippen LogP contribution in [0.3, 0.4) is 0 Å². The largest absolute Gasteiger partial charge is 0.338 e. The summed E-state index contributed by atoms with van der Waals surface area (Å²) in [6.45, 7) is 2.79. The summed E-state index contributed by atoms with van der Waals surface area (Å²) in [6.07, 6.45) is 3.00. The van der Waals surface area contributed by atoms with Crippen LogP contribution in [0.4, 0.5) is 4.39 Å². The summed E-state index contributed by atoms with van der Waals surface area (Å²) < 4.78 is 15.7. The van der Waals surface area contributed by atoms with Crippen molar-refractivity contribution in [3.8, 4) is 0 Å². The highest BCUT2D eigenvalue weighted by Gasteiger charge is 2.32. The van der Waals surface area contributed by atoms with E-state index in [-0.39, 0.29) is 35.5 Å². The van der Waals surface area contributed by atoms with E-state index in [0.29, 0.717) is 48.5 Å². The smallest absolute Gasteiger partial charge is 0.277 e. The number of halogens is 1. The summed E-state index contributed by atoms with van der Waals surface area (Å²) in [6, 6.07) is 7.49. The molecule has 0 bridgehead atoms. The number of aromatic nitrogens is 3. The average molecular weight is 437 g/mol. The first-order valence-corrected chi connectivity index (χ1v) is 10.9. The molecule has 1 N–H and O–H groups in total. The van der Waals surface area contributed by atoms with Crippen LogP contribution in [-0.4, -0.2) is 49.3 Å². The van der Waals surface area contributed by atoms with Gasteiger partial charge in [-0.15, -0.1) is 0 Å². The number of aromatic amines is 1. The molecule has 0 aliphatic carbocycles. The first-order chi connectivity index (χ1) is 15.4. The summed E-state index contributed by atoms with van der Waals surface area (Å²) in [7, 11) is 0. The molecule has 2 aromatic heterocycles. The number of nitrogens with one attached hydrogen (secondary N) is 1. The minimum atomic E-state index is -0.543. The van der Waals surface area contributed by atoms with Crippen LogP contribution < -0.4 is 5.56 Å². The van der Waals surface area contributed by atoms with Crippen LogP contribution in [0.15, 0.2) is 35.1 Å². The lowest BCUT2D eigenvalue weighted by Crippen LogP contribution is -2.39. The molecule has 8 nitrogen and oxygen atoms in total. The van der Waals surface area contributed by atoms with Gasteiger partial charge in [-0.3, -0.25) is 19.5 Å². The van der Waals surface area contributed by atoms with E-state index in [1.54, 1.807) is 28.0 Å². The van der Waals surface area contributed by atoms with Gasteiger partial charge in [-0.05, 0) is 31.4 Å². The minimum absolute atomic E-state index is 0.0468. The van der Waals surface area contributed by atoms with Gasteiger partial charge in [-0.1, -0.05) is 12.1 Å². The van der Waals surface area contributed by atoms with Crippen molar-refractivity contribution in [3.05, 3.63) is 69.0 Å². The molecule has 1 fully saturated rings. The highest BCUT2D eigenvalue weighted by molar-refractivity contribution is 5.94. The van der Waals surface area contributed by atoms with Gasteiger partial charge in [0.15, 0.2) is 5.65 Å². The molecule has 9 heteroatoms. The van der Waals surface area contributed by atoms with E-state index >= 15 is 0 Å². The molecular weight excluding hydrogens is 413 g/mol. The van der Waals surface area contributed by atoms with Crippen LogP contribution in [0, 0.1) is 5.82 Å². The zero-order chi connectivity index (χ0) is 22.4. The Balaban J connectivity index is 1.53. The fourth-order valence-corrected chi connectivity index (χ4v) is 4.73. The number of piperidine rings is 1. The van der Waals surface area contributed by atoms with Crippen LogP contribution in [-0.2, 0) is 17.8 Å². The van der Waals surface area contributed by atoms with Crippen LogP contribution in [0.1, 0.15) is 59.5 Å². The van der Waals surface area contributed by atoms with E-state index in [9.17, 15) is 18.8 Å². The second-order valence-electron chi connectivity index (χ2n) is 8.43. The minimum Gasteiger partial charge on any atom is -0.338 e. The molecule has 32 heavy (non-hydrogen) atoms. The topological polar surface area (TPSA) is 90.8 Å². The first-order valence-electron chi connectivity index (χ1n) is 10.9. The van der Waals surface area contributed by atoms with Crippen molar-refractivity contribution in [2.24, 2.45) is 0 Å². The third-order valence-corrected chi connectivity index (χ3v) is 6.45. The van der Waals surface area contributed by atoms with Crippen LogP contribution >= 0.6 is 0 Å². The van der Waals surface area contributed by atoms with Gasteiger partial charge in [0.2, 0.25) is 5.91 Å². The highest BCUT2D eigenvalue weighted by atomic mass is 19.1. The Morgan fingerprint density at radius 3 is 2.78 bits per heavy atom. The molecule has 1 saturated heterocycles. The van der Waals surface area contributed by atoms with E-state index in [4.69, 9.17) is 0 Å². The van der Waals surface area contributed by atoms with Crippen molar-refractivity contribution < 1.29 is 14.0 Å². The summed E-state index contributed by atoms with van der Waals surface area (Å²) >= 11 is 0. The molecule has 0 radical (unpaired) electrons. The van der Waals surface area contributed by atoms with Crippen LogP contribution in [0.2, 0.25) is 0 Å². The summed E-state index contributed by atoms with van der Waals surface area (Å²) in [5, 5.41) is 3.13. The van der Waals surface area contributed by atoms with Crippen molar-refractivity contribution in [2.45, 2.75) is 45.2 Å². The maximum atomic E-state index is 14.3. The van der Waals surface area contributed by atoms with E-state index in [1.807, 2.05) is 0 Å². The third-order valence-electron chi connectivity index (χ3n) is 6.45. The molecule has 0 spiro atoms. The lowest BCUT2D eigenvalue weighted by Gasteiger charge is -2.35. The lowest BCUT2D eigenvalue weighted by atomic mass is 9.98. The summed E-state index contributed by atoms with van der Waals surface area (Å²) in [5.41, 5.74) is 2.23. The van der Waals surface area contributed by atoms with Gasteiger partial charge in [0.1, 0.15) is 5.82 Å². The van der Waals surface area contributed by atoms with Crippen molar-refractivity contribution >= 4 is 17.5 Å². The van der Waals surface area contributed by atoms with Gasteiger partial charge in [-0.25, -0.2) is 13.9 Å². The predicted molar refractivity (Wildman–Crippen MR) is 115 cm³/mol. The molecule has 166 valence electrons. The fourth-order valence-electron chi connectivity index (χ4n) is 4.73. The van der Waals surface area contributed by atoms with Gasteiger partial charge >= 0.3 is 0 Å². The van der Waals surface area contributed by atoms with Gasteiger partial charge in [0, 0.05) is 32.5 Å². The van der Waals surface area contributed by atoms with Gasteiger partial charge in [0.05, 0.1) is 35.1 Å². The quantitative estimate of drug-likeness (QED) is 0.667. The molecule has 1 aromatic carbocycles. The van der Waals surface area contributed by atoms with Crippen molar-refractivity contribution in [1.82, 2.24) is 24.4 Å². The van der Waals surface area contributed by atoms with E-state index in [0.717, 1.165) is 12.8 Å². The Bertz CT molecular complexity index is 1280. The molecule has 0 saturated carbocycles. The van der Waals surface area contributed by atoms with Gasteiger partial charge in [-0.2, -0.15) is 0 Å². The lowest BCUT2D eigenvalue weighted by molar-refractivity contribution is -0.129.